The number of carbonyl (C=O) groups is 1. The summed E-state index contributed by atoms with van der Waals surface area (Å²) in [6.07, 6.45) is 1.81. The molecule has 3 rings (SSSR count). The Balaban J connectivity index is 0.00000192. The Labute approximate surface area is 142 Å². The lowest BCUT2D eigenvalue weighted by molar-refractivity contribution is 0.0596. The van der Waals surface area contributed by atoms with E-state index < -0.39 is 16.0 Å². The topological polar surface area (TPSA) is 75.7 Å². The second kappa shape index (κ2) is 7.17. The van der Waals surface area contributed by atoms with Gasteiger partial charge in [-0.05, 0) is 37.4 Å². The van der Waals surface area contributed by atoms with E-state index in [1.54, 1.807) is 12.1 Å². The molecule has 0 radical (unpaired) electrons. The normalized spacial score (nSPS) is 24.6. The van der Waals surface area contributed by atoms with Gasteiger partial charge in [0.25, 0.3) is 0 Å². The maximum Gasteiger partial charge on any atom is 0.339 e. The third-order valence-electron chi connectivity index (χ3n) is 4.53. The summed E-state index contributed by atoms with van der Waals surface area (Å²) in [5, 5.41) is 3.41. The molecule has 2 heterocycles. The minimum Gasteiger partial charge on any atom is -0.465 e. The first kappa shape index (κ1) is 18.2. The molecule has 2 aliphatic rings. The van der Waals surface area contributed by atoms with Gasteiger partial charge in [0.15, 0.2) is 0 Å². The van der Waals surface area contributed by atoms with Gasteiger partial charge in [-0.3, -0.25) is 0 Å². The number of piperidine rings is 1. The van der Waals surface area contributed by atoms with Crippen LogP contribution in [0.2, 0.25) is 0 Å². The predicted molar refractivity (Wildman–Crippen MR) is 88.3 cm³/mol. The van der Waals surface area contributed by atoms with E-state index in [1.807, 2.05) is 0 Å². The number of fused-ring (bicyclic) bond motifs is 1. The van der Waals surface area contributed by atoms with Gasteiger partial charge in [0.05, 0.1) is 17.6 Å². The second-order valence-electron chi connectivity index (χ2n) is 5.75. The second-order valence-corrected chi connectivity index (χ2v) is 7.66. The van der Waals surface area contributed by atoms with Crippen LogP contribution >= 0.6 is 12.4 Å². The number of hydrogen-bond donors (Lipinski definition) is 1. The van der Waals surface area contributed by atoms with Crippen molar-refractivity contribution >= 4 is 28.4 Å². The molecule has 1 N–H and O–H groups in total. The molecule has 0 aromatic heterocycles. The molecule has 0 aliphatic carbocycles. The van der Waals surface area contributed by atoms with Gasteiger partial charge in [0.2, 0.25) is 10.0 Å². The first-order chi connectivity index (χ1) is 10.5. The van der Waals surface area contributed by atoms with Crippen LogP contribution in [-0.2, 0) is 14.8 Å². The molecular formula is C15H21ClN2O4S. The highest BCUT2D eigenvalue weighted by atomic mass is 35.5. The summed E-state index contributed by atoms with van der Waals surface area (Å²) in [4.78, 5) is 11.9. The van der Waals surface area contributed by atoms with E-state index in [4.69, 9.17) is 4.74 Å². The summed E-state index contributed by atoms with van der Waals surface area (Å²) in [7, 11) is -2.43. The van der Waals surface area contributed by atoms with E-state index in [9.17, 15) is 13.2 Å². The van der Waals surface area contributed by atoms with Crippen molar-refractivity contribution < 1.29 is 17.9 Å². The Kier molecular flexibility index (Phi) is 5.67. The Morgan fingerprint density at radius 2 is 2.04 bits per heavy atom. The standard InChI is InChI=1S/C15H20N2O4S.ClH/c1-21-15(18)12-4-2-3-5-14(12)22(19,20)17-9-7-13-11(10-17)6-8-16-13;/h2-5,11,13,16H,6-10H2,1H3;1H. The Morgan fingerprint density at radius 1 is 1.30 bits per heavy atom. The molecule has 1 aromatic rings. The molecule has 0 spiro atoms. The zero-order chi connectivity index (χ0) is 15.7. The summed E-state index contributed by atoms with van der Waals surface area (Å²) in [6.45, 7) is 1.93. The molecule has 23 heavy (non-hydrogen) atoms. The van der Waals surface area contributed by atoms with Gasteiger partial charge in [-0.2, -0.15) is 4.31 Å². The highest BCUT2D eigenvalue weighted by molar-refractivity contribution is 7.89. The van der Waals surface area contributed by atoms with Crippen LogP contribution in [0.1, 0.15) is 23.2 Å². The molecule has 2 saturated heterocycles. The number of rotatable bonds is 3. The average molecular weight is 361 g/mol. The molecule has 2 atom stereocenters. The van der Waals surface area contributed by atoms with Crippen molar-refractivity contribution in [1.29, 1.82) is 0 Å². The number of benzene rings is 1. The number of esters is 1. The number of sulfonamides is 1. The molecule has 2 aliphatic heterocycles. The van der Waals surface area contributed by atoms with Crippen LogP contribution < -0.4 is 5.32 Å². The minimum absolute atomic E-state index is 0. The maximum absolute atomic E-state index is 12.9. The van der Waals surface area contributed by atoms with Crippen molar-refractivity contribution in [1.82, 2.24) is 9.62 Å². The summed E-state index contributed by atoms with van der Waals surface area (Å²) in [6, 6.07) is 6.65. The van der Waals surface area contributed by atoms with Crippen LogP contribution in [0.3, 0.4) is 0 Å². The van der Waals surface area contributed by atoms with Gasteiger partial charge in [-0.1, -0.05) is 12.1 Å². The number of methoxy groups -OCH3 is 1. The number of hydrogen-bond acceptors (Lipinski definition) is 5. The van der Waals surface area contributed by atoms with Gasteiger partial charge >= 0.3 is 5.97 Å². The molecule has 0 bridgehead atoms. The highest BCUT2D eigenvalue weighted by Crippen LogP contribution is 2.29. The maximum atomic E-state index is 12.9. The fourth-order valence-corrected chi connectivity index (χ4v) is 5.03. The zero-order valence-corrected chi connectivity index (χ0v) is 14.5. The molecule has 2 fully saturated rings. The van der Waals surface area contributed by atoms with Crippen LogP contribution in [-0.4, -0.2) is 51.5 Å². The number of nitrogens with one attached hydrogen (secondary N) is 1. The lowest BCUT2D eigenvalue weighted by atomic mass is 9.95. The summed E-state index contributed by atoms with van der Waals surface area (Å²) in [5.41, 5.74) is 0.0941. The Morgan fingerprint density at radius 3 is 2.78 bits per heavy atom. The molecular weight excluding hydrogens is 340 g/mol. The summed E-state index contributed by atoms with van der Waals surface area (Å²) < 4.78 is 32.0. The van der Waals surface area contributed by atoms with E-state index in [0.717, 1.165) is 19.4 Å². The van der Waals surface area contributed by atoms with Crippen molar-refractivity contribution in [3.63, 3.8) is 0 Å². The van der Waals surface area contributed by atoms with E-state index in [2.05, 4.69) is 5.32 Å². The fourth-order valence-electron chi connectivity index (χ4n) is 3.34. The molecule has 1 aromatic carbocycles. The SMILES string of the molecule is COC(=O)c1ccccc1S(=O)(=O)N1CCC2NCCC2C1.Cl. The van der Waals surface area contributed by atoms with E-state index >= 15 is 0 Å². The molecule has 0 amide bonds. The van der Waals surface area contributed by atoms with Crippen LogP contribution in [0.15, 0.2) is 29.2 Å². The Hall–Kier alpha value is -1.15. The van der Waals surface area contributed by atoms with Gasteiger partial charge in [-0.15, -0.1) is 12.4 Å². The number of ether oxygens (including phenoxy) is 1. The zero-order valence-electron chi connectivity index (χ0n) is 12.9. The van der Waals surface area contributed by atoms with Gasteiger partial charge < -0.3 is 10.1 Å². The first-order valence-electron chi connectivity index (χ1n) is 7.45. The van der Waals surface area contributed by atoms with E-state index in [0.29, 0.717) is 25.0 Å². The third-order valence-corrected chi connectivity index (χ3v) is 6.45. The molecule has 8 heteroatoms. The third kappa shape index (κ3) is 3.38. The largest absolute Gasteiger partial charge is 0.465 e. The highest BCUT2D eigenvalue weighted by Gasteiger charge is 2.38. The van der Waals surface area contributed by atoms with Crippen LogP contribution in [0.4, 0.5) is 0 Å². The van der Waals surface area contributed by atoms with Crippen LogP contribution in [0.5, 0.6) is 0 Å². The monoisotopic (exact) mass is 360 g/mol. The molecule has 0 saturated carbocycles. The Bertz CT molecular complexity index is 680. The average Bonchev–Trinajstić information content (AvgIpc) is 3.01. The van der Waals surface area contributed by atoms with Crippen LogP contribution in [0.25, 0.3) is 0 Å². The predicted octanol–water partition coefficient (Wildman–Crippen LogP) is 1.27. The quantitative estimate of drug-likeness (QED) is 0.821. The number of halogens is 1. The summed E-state index contributed by atoms with van der Waals surface area (Å²) in [5.74, 6) is -0.273. The lowest BCUT2D eigenvalue weighted by Gasteiger charge is -2.34. The van der Waals surface area contributed by atoms with Crippen molar-refractivity contribution in [3.8, 4) is 0 Å². The van der Waals surface area contributed by atoms with Gasteiger partial charge in [0, 0.05) is 19.1 Å². The van der Waals surface area contributed by atoms with Crippen molar-refractivity contribution in [3.05, 3.63) is 29.8 Å². The van der Waals surface area contributed by atoms with Gasteiger partial charge in [-0.25, -0.2) is 13.2 Å². The number of nitrogens with zero attached hydrogens (tertiary/aromatic N) is 1. The molecule has 6 nitrogen and oxygen atoms in total. The smallest absolute Gasteiger partial charge is 0.339 e. The summed E-state index contributed by atoms with van der Waals surface area (Å²) >= 11 is 0. The van der Waals surface area contributed by atoms with Crippen LogP contribution in [0, 0.1) is 5.92 Å². The van der Waals surface area contributed by atoms with Crippen molar-refractivity contribution in [2.24, 2.45) is 5.92 Å². The van der Waals surface area contributed by atoms with Crippen molar-refractivity contribution in [2.75, 3.05) is 26.7 Å². The van der Waals surface area contributed by atoms with E-state index in [1.165, 1.54) is 23.5 Å². The van der Waals surface area contributed by atoms with E-state index in [-0.39, 0.29) is 22.9 Å². The number of carbonyl (C=O) groups excluding carboxylic acids is 1. The first-order valence-corrected chi connectivity index (χ1v) is 8.89. The van der Waals surface area contributed by atoms with Gasteiger partial charge in [0.1, 0.15) is 0 Å². The lowest BCUT2D eigenvalue weighted by Crippen LogP contribution is -2.47. The molecule has 128 valence electrons. The minimum atomic E-state index is -3.68. The fraction of sp³-hybridized carbons (Fsp3) is 0.533. The van der Waals surface area contributed by atoms with Crippen molar-refractivity contribution in [2.45, 2.75) is 23.8 Å². The molecule has 2 unspecified atom stereocenters.